The van der Waals surface area contributed by atoms with Crippen molar-refractivity contribution in [3.63, 3.8) is 0 Å². The number of fused-ring (bicyclic) bond motifs is 2. The Labute approximate surface area is 178 Å². The second-order valence-electron chi connectivity index (χ2n) is 7.75. The van der Waals surface area contributed by atoms with Gasteiger partial charge < -0.3 is 15.0 Å². The largest absolute Gasteiger partial charge is 0.497 e. The van der Waals surface area contributed by atoms with Gasteiger partial charge in [0.1, 0.15) is 17.0 Å². The van der Waals surface area contributed by atoms with Crippen LogP contribution in [-0.2, 0) is 10.2 Å². The standard InChI is InChI=1S/C24H20FN3O3/c1-31-16-8-9-17(19(25)13-16)22(29)28-12-10-24(21(28)15-5-4-11-26-14-15)18-6-2-3-7-20(18)27-23(24)30/h2-9,11,13-14,21H,10,12H2,1H3,(H,27,30). The number of carbonyl (C=O) groups is 2. The summed E-state index contributed by atoms with van der Waals surface area (Å²) in [6.07, 6.45) is 3.73. The molecular weight excluding hydrogens is 397 g/mol. The van der Waals surface area contributed by atoms with Gasteiger partial charge in [-0.25, -0.2) is 4.39 Å². The number of likely N-dealkylation sites (tertiary alicyclic amines) is 1. The molecule has 1 spiro atoms. The zero-order valence-electron chi connectivity index (χ0n) is 16.8. The summed E-state index contributed by atoms with van der Waals surface area (Å²) in [6.45, 7) is 0.311. The lowest BCUT2D eigenvalue weighted by atomic mass is 9.73. The molecule has 3 heterocycles. The summed E-state index contributed by atoms with van der Waals surface area (Å²) >= 11 is 0. The Morgan fingerprint density at radius 3 is 2.81 bits per heavy atom. The van der Waals surface area contributed by atoms with E-state index in [-0.39, 0.29) is 11.5 Å². The molecule has 0 radical (unpaired) electrons. The summed E-state index contributed by atoms with van der Waals surface area (Å²) in [7, 11) is 1.44. The number of amides is 2. The highest BCUT2D eigenvalue weighted by atomic mass is 19.1. The molecule has 7 heteroatoms. The molecular formula is C24H20FN3O3. The van der Waals surface area contributed by atoms with Crippen LogP contribution in [0.15, 0.2) is 67.0 Å². The molecule has 156 valence electrons. The highest BCUT2D eigenvalue weighted by Gasteiger charge is 2.59. The van der Waals surface area contributed by atoms with E-state index in [0.29, 0.717) is 18.7 Å². The number of rotatable bonds is 3. The van der Waals surface area contributed by atoms with Gasteiger partial charge in [0.25, 0.3) is 5.91 Å². The van der Waals surface area contributed by atoms with Gasteiger partial charge in [-0.05, 0) is 41.8 Å². The number of ether oxygens (including phenoxy) is 1. The fraction of sp³-hybridized carbons (Fsp3) is 0.208. The van der Waals surface area contributed by atoms with E-state index in [0.717, 1.165) is 16.8 Å². The number of nitrogens with zero attached hydrogens (tertiary/aromatic N) is 2. The maximum absolute atomic E-state index is 14.7. The molecule has 2 atom stereocenters. The minimum Gasteiger partial charge on any atom is -0.497 e. The molecule has 0 aliphatic carbocycles. The third-order valence-electron chi connectivity index (χ3n) is 6.25. The smallest absolute Gasteiger partial charge is 0.257 e. The van der Waals surface area contributed by atoms with Crippen LogP contribution in [0.3, 0.4) is 0 Å². The van der Waals surface area contributed by atoms with Crippen LogP contribution in [-0.4, -0.2) is 35.4 Å². The number of anilines is 1. The van der Waals surface area contributed by atoms with Gasteiger partial charge in [-0.3, -0.25) is 14.6 Å². The van der Waals surface area contributed by atoms with Gasteiger partial charge in [-0.2, -0.15) is 0 Å². The van der Waals surface area contributed by atoms with Gasteiger partial charge in [-0.15, -0.1) is 0 Å². The molecule has 0 saturated carbocycles. The van der Waals surface area contributed by atoms with Crippen molar-refractivity contribution in [3.8, 4) is 5.75 Å². The lowest BCUT2D eigenvalue weighted by molar-refractivity contribution is -0.121. The first-order chi connectivity index (χ1) is 15.1. The SMILES string of the molecule is COc1ccc(C(=O)N2CCC3(C(=O)Nc4ccccc43)C2c2cccnc2)c(F)c1. The highest BCUT2D eigenvalue weighted by Crippen LogP contribution is 2.54. The van der Waals surface area contributed by atoms with Gasteiger partial charge in [0.05, 0.1) is 18.7 Å². The van der Waals surface area contributed by atoms with E-state index < -0.39 is 23.2 Å². The second kappa shape index (κ2) is 7.19. The van der Waals surface area contributed by atoms with E-state index in [2.05, 4.69) is 10.3 Å². The number of halogens is 1. The summed E-state index contributed by atoms with van der Waals surface area (Å²) in [5, 5.41) is 2.97. The number of carbonyl (C=O) groups excluding carboxylic acids is 2. The van der Waals surface area contributed by atoms with E-state index in [1.54, 1.807) is 29.4 Å². The monoisotopic (exact) mass is 417 g/mol. The van der Waals surface area contributed by atoms with Crippen molar-refractivity contribution in [2.75, 3.05) is 19.0 Å². The van der Waals surface area contributed by atoms with Crippen LogP contribution in [0.4, 0.5) is 10.1 Å². The predicted molar refractivity (Wildman–Crippen MR) is 112 cm³/mol. The average molecular weight is 417 g/mol. The van der Waals surface area contributed by atoms with Gasteiger partial charge in [0.15, 0.2) is 0 Å². The molecule has 1 aromatic heterocycles. The van der Waals surface area contributed by atoms with Crippen LogP contribution in [0.2, 0.25) is 0 Å². The number of methoxy groups -OCH3 is 1. The van der Waals surface area contributed by atoms with Crippen molar-refractivity contribution in [2.45, 2.75) is 17.9 Å². The molecule has 1 saturated heterocycles. The molecule has 2 unspecified atom stereocenters. The minimum absolute atomic E-state index is 0.0570. The fourth-order valence-corrected chi connectivity index (χ4v) is 4.86. The van der Waals surface area contributed by atoms with Crippen molar-refractivity contribution in [2.24, 2.45) is 0 Å². The summed E-state index contributed by atoms with van der Waals surface area (Å²) in [5.74, 6) is -0.956. The number of hydrogen-bond donors (Lipinski definition) is 1. The Morgan fingerprint density at radius 2 is 2.06 bits per heavy atom. The van der Waals surface area contributed by atoms with Gasteiger partial charge >= 0.3 is 0 Å². The molecule has 0 bridgehead atoms. The number of para-hydroxylation sites is 1. The lowest BCUT2D eigenvalue weighted by Crippen LogP contribution is -2.42. The van der Waals surface area contributed by atoms with Crippen LogP contribution < -0.4 is 10.1 Å². The molecule has 1 N–H and O–H groups in total. The van der Waals surface area contributed by atoms with Crippen LogP contribution in [0.5, 0.6) is 5.75 Å². The Balaban J connectivity index is 1.64. The molecule has 2 aliphatic rings. The molecule has 2 amide bonds. The Morgan fingerprint density at radius 1 is 1.23 bits per heavy atom. The lowest BCUT2D eigenvalue weighted by Gasteiger charge is -2.34. The minimum atomic E-state index is -0.960. The van der Waals surface area contributed by atoms with Crippen molar-refractivity contribution >= 4 is 17.5 Å². The Hall–Kier alpha value is -3.74. The molecule has 3 aromatic rings. The zero-order chi connectivity index (χ0) is 21.6. The summed E-state index contributed by atoms with van der Waals surface area (Å²) in [6, 6.07) is 14.7. The quantitative estimate of drug-likeness (QED) is 0.705. The summed E-state index contributed by atoms with van der Waals surface area (Å²) < 4.78 is 19.8. The average Bonchev–Trinajstić information content (AvgIpc) is 3.33. The normalized spacial score (nSPS) is 21.8. The van der Waals surface area contributed by atoms with Crippen molar-refractivity contribution in [1.29, 1.82) is 0 Å². The van der Waals surface area contributed by atoms with Crippen molar-refractivity contribution in [3.05, 3.63) is 89.5 Å². The number of aromatic nitrogens is 1. The molecule has 2 aliphatic heterocycles. The third-order valence-corrected chi connectivity index (χ3v) is 6.25. The zero-order valence-corrected chi connectivity index (χ0v) is 16.8. The maximum atomic E-state index is 14.7. The van der Waals surface area contributed by atoms with E-state index in [4.69, 9.17) is 4.74 Å². The van der Waals surface area contributed by atoms with E-state index in [9.17, 15) is 14.0 Å². The highest BCUT2D eigenvalue weighted by molar-refractivity contribution is 6.08. The molecule has 1 fully saturated rings. The summed E-state index contributed by atoms with van der Waals surface area (Å²) in [4.78, 5) is 32.6. The van der Waals surface area contributed by atoms with E-state index in [1.807, 2.05) is 30.3 Å². The maximum Gasteiger partial charge on any atom is 0.257 e. The van der Waals surface area contributed by atoms with Gasteiger partial charge in [0.2, 0.25) is 5.91 Å². The van der Waals surface area contributed by atoms with Crippen LogP contribution >= 0.6 is 0 Å². The number of nitrogens with one attached hydrogen (secondary N) is 1. The first-order valence-electron chi connectivity index (χ1n) is 10.0. The van der Waals surface area contributed by atoms with Crippen LogP contribution in [0.1, 0.15) is 33.9 Å². The van der Waals surface area contributed by atoms with Crippen molar-refractivity contribution in [1.82, 2.24) is 9.88 Å². The molecule has 6 nitrogen and oxygen atoms in total. The Kier molecular flexibility index (Phi) is 4.46. The third kappa shape index (κ3) is 2.80. The first kappa shape index (κ1) is 19.2. The second-order valence-corrected chi connectivity index (χ2v) is 7.75. The summed E-state index contributed by atoms with van der Waals surface area (Å²) in [5.41, 5.74) is 1.30. The van der Waals surface area contributed by atoms with Gasteiger partial charge in [-0.1, -0.05) is 24.3 Å². The van der Waals surface area contributed by atoms with E-state index in [1.165, 1.54) is 19.2 Å². The number of pyridine rings is 1. The van der Waals surface area contributed by atoms with Gasteiger partial charge in [0, 0.05) is 30.7 Å². The van der Waals surface area contributed by atoms with E-state index >= 15 is 0 Å². The molecule has 2 aromatic carbocycles. The number of benzene rings is 2. The molecule has 31 heavy (non-hydrogen) atoms. The Bertz CT molecular complexity index is 1180. The van der Waals surface area contributed by atoms with Crippen LogP contribution in [0.25, 0.3) is 0 Å². The van der Waals surface area contributed by atoms with Crippen molar-refractivity contribution < 1.29 is 18.7 Å². The molecule has 5 rings (SSSR count). The fourth-order valence-electron chi connectivity index (χ4n) is 4.86. The first-order valence-corrected chi connectivity index (χ1v) is 10.0. The predicted octanol–water partition coefficient (Wildman–Crippen LogP) is 3.71. The van der Waals surface area contributed by atoms with Crippen LogP contribution in [0, 0.1) is 5.82 Å². The number of hydrogen-bond acceptors (Lipinski definition) is 4. The topological polar surface area (TPSA) is 71.5 Å².